The maximum Gasteiger partial charge on any atom is 0.351 e. The first-order valence-corrected chi connectivity index (χ1v) is 4.80. The number of hydrogen-bond donors (Lipinski definition) is 4. The molecule has 2 rings (SSSR count). The van der Waals surface area contributed by atoms with Crippen molar-refractivity contribution in [3.8, 4) is 0 Å². The van der Waals surface area contributed by atoms with Crippen LogP contribution in [0.1, 0.15) is 5.56 Å². The highest BCUT2D eigenvalue weighted by Crippen LogP contribution is 2.20. The first kappa shape index (κ1) is 10.7. The molecule has 0 fully saturated rings. The molecule has 84 valence electrons. The van der Waals surface area contributed by atoms with Gasteiger partial charge in [-0.15, -0.1) is 0 Å². The van der Waals surface area contributed by atoms with E-state index in [0.29, 0.717) is 5.56 Å². The van der Waals surface area contributed by atoms with Crippen LogP contribution < -0.4 is 5.73 Å². The van der Waals surface area contributed by atoms with Crippen LogP contribution in [0.4, 0.5) is 0 Å². The quantitative estimate of drug-likeness (QED) is 0.564. The maximum absolute atomic E-state index is 10.7. The minimum absolute atomic E-state index is 0.133. The van der Waals surface area contributed by atoms with Crippen molar-refractivity contribution >= 4 is 16.9 Å². The van der Waals surface area contributed by atoms with Crippen LogP contribution in [0, 0.1) is 0 Å². The van der Waals surface area contributed by atoms with Crippen molar-refractivity contribution in [2.24, 2.45) is 5.73 Å². The maximum atomic E-state index is 10.7. The van der Waals surface area contributed by atoms with E-state index < -0.39 is 11.7 Å². The number of aliphatic carboxylic acids is 1. The Balaban J connectivity index is 2.38. The zero-order chi connectivity index (χ0) is 11.8. The van der Waals surface area contributed by atoms with Crippen molar-refractivity contribution in [2.75, 3.05) is 0 Å². The second-order valence-corrected chi connectivity index (χ2v) is 3.77. The van der Waals surface area contributed by atoms with Gasteiger partial charge in [-0.1, -0.05) is 18.2 Å². The van der Waals surface area contributed by atoms with Gasteiger partial charge in [-0.25, -0.2) is 4.79 Å². The molecule has 1 heterocycles. The largest absolute Gasteiger partial charge is 0.478 e. The lowest BCUT2D eigenvalue weighted by atomic mass is 10.0. The SMILES string of the molecule is NC(O)(Cc1c[nH]c2ccccc12)C(=O)O. The molecule has 5 heteroatoms. The zero-order valence-corrected chi connectivity index (χ0v) is 8.47. The molecule has 1 aromatic carbocycles. The lowest BCUT2D eigenvalue weighted by Gasteiger charge is -2.16. The summed E-state index contributed by atoms with van der Waals surface area (Å²) in [4.78, 5) is 13.7. The molecule has 0 bridgehead atoms. The highest BCUT2D eigenvalue weighted by Gasteiger charge is 2.31. The van der Waals surface area contributed by atoms with Crippen LogP contribution in [0.3, 0.4) is 0 Å². The van der Waals surface area contributed by atoms with Crippen LogP contribution in [-0.2, 0) is 11.2 Å². The second-order valence-electron chi connectivity index (χ2n) is 3.77. The van der Waals surface area contributed by atoms with Crippen molar-refractivity contribution in [3.05, 3.63) is 36.0 Å². The first-order valence-electron chi connectivity index (χ1n) is 4.80. The van der Waals surface area contributed by atoms with E-state index in [9.17, 15) is 9.90 Å². The first-order chi connectivity index (χ1) is 7.50. The molecule has 0 aliphatic rings. The Bertz CT molecular complexity index is 531. The molecule has 5 N–H and O–H groups in total. The monoisotopic (exact) mass is 220 g/mol. The fourth-order valence-electron chi connectivity index (χ4n) is 1.64. The van der Waals surface area contributed by atoms with Crippen molar-refractivity contribution in [3.63, 3.8) is 0 Å². The number of aromatic nitrogens is 1. The topological polar surface area (TPSA) is 99.3 Å². The number of fused-ring (bicyclic) bond motifs is 1. The van der Waals surface area contributed by atoms with Crippen molar-refractivity contribution in [2.45, 2.75) is 12.1 Å². The van der Waals surface area contributed by atoms with Gasteiger partial charge in [0.2, 0.25) is 5.72 Å². The van der Waals surface area contributed by atoms with Crippen molar-refractivity contribution < 1.29 is 15.0 Å². The summed E-state index contributed by atoms with van der Waals surface area (Å²) in [7, 11) is 0. The third kappa shape index (κ3) is 1.78. The number of carboxylic acid groups (broad SMARTS) is 1. The van der Waals surface area contributed by atoms with Gasteiger partial charge in [0.25, 0.3) is 0 Å². The van der Waals surface area contributed by atoms with Crippen LogP contribution in [0.2, 0.25) is 0 Å². The van der Waals surface area contributed by atoms with E-state index >= 15 is 0 Å². The number of aliphatic hydroxyl groups is 1. The van der Waals surface area contributed by atoms with E-state index in [0.717, 1.165) is 10.9 Å². The lowest BCUT2D eigenvalue weighted by molar-refractivity contribution is -0.157. The van der Waals surface area contributed by atoms with Gasteiger partial charge in [0, 0.05) is 23.5 Å². The van der Waals surface area contributed by atoms with Crippen LogP contribution in [-0.4, -0.2) is 26.9 Å². The third-order valence-electron chi connectivity index (χ3n) is 2.51. The molecule has 0 aliphatic carbocycles. The highest BCUT2D eigenvalue weighted by molar-refractivity contribution is 5.84. The summed E-state index contributed by atoms with van der Waals surface area (Å²) in [6.45, 7) is 0. The predicted molar refractivity (Wildman–Crippen MR) is 58.8 cm³/mol. The standard InChI is InChI=1S/C11H12N2O3/c12-11(16,10(14)15)5-7-6-13-9-4-2-1-3-8(7)9/h1-4,6,13,16H,5,12H2,(H,14,15). The van der Waals surface area contributed by atoms with E-state index in [1.165, 1.54) is 0 Å². The number of carboxylic acids is 1. The van der Waals surface area contributed by atoms with E-state index in [4.69, 9.17) is 10.8 Å². The number of nitrogens with one attached hydrogen (secondary N) is 1. The summed E-state index contributed by atoms with van der Waals surface area (Å²) >= 11 is 0. The smallest absolute Gasteiger partial charge is 0.351 e. The molecule has 1 unspecified atom stereocenters. The Morgan fingerprint density at radius 2 is 2.12 bits per heavy atom. The van der Waals surface area contributed by atoms with Gasteiger partial charge in [0.15, 0.2) is 0 Å². The molecule has 0 spiro atoms. The van der Waals surface area contributed by atoms with Gasteiger partial charge in [0.05, 0.1) is 0 Å². The average molecular weight is 220 g/mol. The minimum atomic E-state index is -2.23. The summed E-state index contributed by atoms with van der Waals surface area (Å²) in [6.07, 6.45) is 1.53. The number of carbonyl (C=O) groups is 1. The summed E-state index contributed by atoms with van der Waals surface area (Å²) in [5, 5.41) is 19.1. The number of benzene rings is 1. The molecule has 1 aromatic heterocycles. The van der Waals surface area contributed by atoms with Gasteiger partial charge in [-0.2, -0.15) is 0 Å². The normalized spacial score (nSPS) is 14.9. The Kier molecular flexibility index (Phi) is 2.41. The molecule has 16 heavy (non-hydrogen) atoms. The summed E-state index contributed by atoms with van der Waals surface area (Å²) in [5.41, 5.74) is 4.62. The number of hydrogen-bond acceptors (Lipinski definition) is 3. The van der Waals surface area contributed by atoms with E-state index in [2.05, 4.69) is 4.98 Å². The molecule has 0 saturated carbocycles. The van der Waals surface area contributed by atoms with Crippen molar-refractivity contribution in [1.82, 2.24) is 4.98 Å². The van der Waals surface area contributed by atoms with Crippen LogP contribution >= 0.6 is 0 Å². The van der Waals surface area contributed by atoms with Gasteiger partial charge >= 0.3 is 5.97 Å². The van der Waals surface area contributed by atoms with E-state index in [-0.39, 0.29) is 6.42 Å². The predicted octanol–water partition coefficient (Wildman–Crippen LogP) is 0.442. The number of para-hydroxylation sites is 1. The lowest BCUT2D eigenvalue weighted by Crippen LogP contribution is -2.49. The molecule has 2 aromatic rings. The Morgan fingerprint density at radius 1 is 1.44 bits per heavy atom. The van der Waals surface area contributed by atoms with Crippen molar-refractivity contribution in [1.29, 1.82) is 0 Å². The van der Waals surface area contributed by atoms with Crippen LogP contribution in [0.5, 0.6) is 0 Å². The molecule has 0 radical (unpaired) electrons. The Morgan fingerprint density at radius 3 is 2.81 bits per heavy atom. The highest BCUT2D eigenvalue weighted by atomic mass is 16.4. The average Bonchev–Trinajstić information content (AvgIpc) is 2.61. The molecule has 1 atom stereocenters. The van der Waals surface area contributed by atoms with Gasteiger partial charge in [0.1, 0.15) is 0 Å². The van der Waals surface area contributed by atoms with Gasteiger partial charge in [-0.05, 0) is 11.6 Å². The molecule has 0 saturated heterocycles. The third-order valence-corrected chi connectivity index (χ3v) is 2.51. The summed E-state index contributed by atoms with van der Waals surface area (Å²) in [5.74, 6) is -1.43. The molecule has 5 nitrogen and oxygen atoms in total. The molecular weight excluding hydrogens is 208 g/mol. The minimum Gasteiger partial charge on any atom is -0.478 e. The second kappa shape index (κ2) is 3.62. The van der Waals surface area contributed by atoms with Gasteiger partial charge in [-0.3, -0.25) is 5.73 Å². The van der Waals surface area contributed by atoms with Crippen LogP contribution in [0.15, 0.2) is 30.5 Å². The molecular formula is C11H12N2O3. The summed E-state index contributed by atoms with van der Waals surface area (Å²) < 4.78 is 0. The Labute approximate surface area is 91.5 Å². The van der Waals surface area contributed by atoms with Crippen LogP contribution in [0.25, 0.3) is 10.9 Å². The number of rotatable bonds is 3. The fraction of sp³-hybridized carbons (Fsp3) is 0.182. The fourth-order valence-corrected chi connectivity index (χ4v) is 1.64. The molecule has 0 aliphatic heterocycles. The number of nitrogens with two attached hydrogens (primary N) is 1. The van der Waals surface area contributed by atoms with E-state index in [1.54, 1.807) is 6.20 Å². The number of H-pyrrole nitrogens is 1. The number of aromatic amines is 1. The zero-order valence-electron chi connectivity index (χ0n) is 8.47. The molecule has 0 amide bonds. The van der Waals surface area contributed by atoms with Gasteiger partial charge < -0.3 is 15.2 Å². The summed E-state index contributed by atoms with van der Waals surface area (Å²) in [6, 6.07) is 7.43. The van der Waals surface area contributed by atoms with E-state index in [1.807, 2.05) is 24.3 Å². The Hall–Kier alpha value is -1.85.